The fourth-order valence-electron chi connectivity index (χ4n) is 1.80. The van der Waals surface area contributed by atoms with Crippen molar-refractivity contribution in [1.82, 2.24) is 10.2 Å². The summed E-state index contributed by atoms with van der Waals surface area (Å²) in [6, 6.07) is 0. The summed E-state index contributed by atoms with van der Waals surface area (Å²) in [5.41, 5.74) is 0. The number of carbonyl (C=O) groups excluding carboxylic acids is 1. The van der Waals surface area contributed by atoms with Crippen molar-refractivity contribution in [2.24, 2.45) is 0 Å². The van der Waals surface area contributed by atoms with Gasteiger partial charge in [-0.25, -0.2) is 0 Å². The first-order valence-electron chi connectivity index (χ1n) is 5.86. The van der Waals surface area contributed by atoms with Gasteiger partial charge in [0.25, 0.3) is 0 Å². The fraction of sp³-hybridized carbons (Fsp3) is 0.909. The van der Waals surface area contributed by atoms with Crippen molar-refractivity contribution in [3.8, 4) is 0 Å². The number of likely N-dealkylation sites (tertiary alicyclic amines) is 1. The van der Waals surface area contributed by atoms with Gasteiger partial charge < -0.3 is 15.3 Å². The van der Waals surface area contributed by atoms with E-state index in [9.17, 15) is 4.79 Å². The van der Waals surface area contributed by atoms with E-state index in [0.717, 1.165) is 45.3 Å². The molecule has 0 aromatic carbocycles. The summed E-state index contributed by atoms with van der Waals surface area (Å²) in [4.78, 5) is 13.5. The molecule has 0 spiro atoms. The average molecular weight is 214 g/mol. The lowest BCUT2D eigenvalue weighted by atomic mass is 10.2. The third kappa shape index (κ3) is 5.14. The maximum absolute atomic E-state index is 11.6. The first kappa shape index (κ1) is 12.5. The second-order valence-corrected chi connectivity index (χ2v) is 4.26. The van der Waals surface area contributed by atoms with Crippen molar-refractivity contribution in [3.63, 3.8) is 0 Å². The smallest absolute Gasteiger partial charge is 0.236 e. The maximum Gasteiger partial charge on any atom is 0.236 e. The summed E-state index contributed by atoms with van der Waals surface area (Å²) in [5, 5.41) is 12.1. The van der Waals surface area contributed by atoms with Crippen LogP contribution in [0.25, 0.3) is 0 Å². The Hall–Kier alpha value is -0.610. The first-order chi connectivity index (χ1) is 7.20. The Morgan fingerprint density at radius 2 is 2.13 bits per heavy atom. The normalized spacial score (nSPS) is 18.1. The minimum Gasteiger partial charge on any atom is -0.393 e. The van der Waals surface area contributed by atoms with E-state index < -0.39 is 0 Å². The number of nitrogens with zero attached hydrogens (tertiary/aromatic N) is 1. The van der Waals surface area contributed by atoms with Gasteiger partial charge in [-0.1, -0.05) is 0 Å². The molecule has 88 valence electrons. The molecule has 4 nitrogen and oxygen atoms in total. The number of aliphatic hydroxyl groups is 1. The SMILES string of the molecule is CC(O)CCCNCC(=O)N1CCCC1. The number of nitrogens with one attached hydrogen (secondary N) is 1. The summed E-state index contributed by atoms with van der Waals surface area (Å²) in [7, 11) is 0. The van der Waals surface area contributed by atoms with Gasteiger partial charge in [0, 0.05) is 13.1 Å². The Labute approximate surface area is 91.6 Å². The van der Waals surface area contributed by atoms with Crippen LogP contribution in [0.4, 0.5) is 0 Å². The Morgan fingerprint density at radius 1 is 1.47 bits per heavy atom. The summed E-state index contributed by atoms with van der Waals surface area (Å²) >= 11 is 0. The molecule has 1 aliphatic rings. The minimum absolute atomic E-state index is 0.213. The van der Waals surface area contributed by atoms with Gasteiger partial charge in [-0.2, -0.15) is 0 Å². The van der Waals surface area contributed by atoms with E-state index in [1.54, 1.807) is 6.92 Å². The highest BCUT2D eigenvalue weighted by Crippen LogP contribution is 2.06. The number of amides is 1. The Morgan fingerprint density at radius 3 is 2.73 bits per heavy atom. The van der Waals surface area contributed by atoms with Crippen LogP contribution in [0.15, 0.2) is 0 Å². The predicted molar refractivity (Wildman–Crippen MR) is 59.6 cm³/mol. The molecule has 0 aromatic rings. The molecule has 1 heterocycles. The van der Waals surface area contributed by atoms with Crippen molar-refractivity contribution in [1.29, 1.82) is 0 Å². The van der Waals surface area contributed by atoms with Gasteiger partial charge >= 0.3 is 0 Å². The largest absolute Gasteiger partial charge is 0.393 e. The summed E-state index contributed by atoms with van der Waals surface area (Å²) in [5.74, 6) is 0.213. The maximum atomic E-state index is 11.6. The van der Waals surface area contributed by atoms with Crippen LogP contribution in [0, 0.1) is 0 Å². The van der Waals surface area contributed by atoms with Crippen molar-refractivity contribution >= 4 is 5.91 Å². The van der Waals surface area contributed by atoms with Crippen LogP contribution in [0.1, 0.15) is 32.6 Å². The standard InChI is InChI=1S/C11H22N2O2/c1-10(14)5-4-6-12-9-11(15)13-7-2-3-8-13/h10,12,14H,2-9H2,1H3. The number of carbonyl (C=O) groups is 1. The Balaban J connectivity index is 1.97. The lowest BCUT2D eigenvalue weighted by molar-refractivity contribution is -0.129. The van der Waals surface area contributed by atoms with Crippen molar-refractivity contribution in [2.45, 2.75) is 38.7 Å². The highest BCUT2D eigenvalue weighted by Gasteiger charge is 2.16. The zero-order valence-corrected chi connectivity index (χ0v) is 9.54. The summed E-state index contributed by atoms with van der Waals surface area (Å²) in [6.07, 6.45) is 3.78. The number of rotatable bonds is 6. The monoisotopic (exact) mass is 214 g/mol. The minimum atomic E-state index is -0.235. The van der Waals surface area contributed by atoms with Crippen LogP contribution >= 0.6 is 0 Å². The van der Waals surface area contributed by atoms with Gasteiger partial charge in [-0.05, 0) is 39.2 Å². The van der Waals surface area contributed by atoms with Crippen LogP contribution in [-0.4, -0.2) is 48.2 Å². The molecule has 1 atom stereocenters. The molecular weight excluding hydrogens is 192 g/mol. The molecule has 1 saturated heterocycles. The van der Waals surface area contributed by atoms with E-state index in [1.807, 2.05) is 4.90 Å². The highest BCUT2D eigenvalue weighted by molar-refractivity contribution is 5.78. The van der Waals surface area contributed by atoms with Gasteiger partial charge in [0.05, 0.1) is 12.6 Å². The van der Waals surface area contributed by atoms with Gasteiger partial charge in [0.2, 0.25) is 5.91 Å². The van der Waals surface area contributed by atoms with E-state index in [2.05, 4.69) is 5.32 Å². The van der Waals surface area contributed by atoms with Crippen LogP contribution < -0.4 is 5.32 Å². The topological polar surface area (TPSA) is 52.6 Å². The molecule has 15 heavy (non-hydrogen) atoms. The first-order valence-corrected chi connectivity index (χ1v) is 5.86. The molecule has 0 bridgehead atoms. The summed E-state index contributed by atoms with van der Waals surface area (Å²) < 4.78 is 0. The lowest BCUT2D eigenvalue weighted by Crippen LogP contribution is -2.36. The quantitative estimate of drug-likeness (QED) is 0.628. The molecule has 0 saturated carbocycles. The van der Waals surface area contributed by atoms with E-state index >= 15 is 0 Å². The van der Waals surface area contributed by atoms with Crippen LogP contribution in [-0.2, 0) is 4.79 Å². The zero-order valence-electron chi connectivity index (χ0n) is 9.54. The molecule has 4 heteroatoms. The highest BCUT2D eigenvalue weighted by atomic mass is 16.3. The third-order valence-electron chi connectivity index (χ3n) is 2.71. The van der Waals surface area contributed by atoms with Gasteiger partial charge in [-0.3, -0.25) is 4.79 Å². The second kappa shape index (κ2) is 6.80. The number of hydrogen-bond donors (Lipinski definition) is 2. The molecule has 0 aliphatic carbocycles. The second-order valence-electron chi connectivity index (χ2n) is 4.26. The van der Waals surface area contributed by atoms with Crippen molar-refractivity contribution < 1.29 is 9.90 Å². The molecule has 1 aliphatic heterocycles. The number of aliphatic hydroxyl groups excluding tert-OH is 1. The molecule has 2 N–H and O–H groups in total. The molecule has 0 aromatic heterocycles. The van der Waals surface area contributed by atoms with Gasteiger partial charge in [0.15, 0.2) is 0 Å². The van der Waals surface area contributed by atoms with Crippen LogP contribution in [0.3, 0.4) is 0 Å². The van der Waals surface area contributed by atoms with Crippen LogP contribution in [0.2, 0.25) is 0 Å². The molecule has 1 unspecified atom stereocenters. The Kier molecular flexibility index (Phi) is 5.65. The average Bonchev–Trinajstić information content (AvgIpc) is 2.69. The number of hydrogen-bond acceptors (Lipinski definition) is 3. The predicted octanol–water partition coefficient (Wildman–Crippen LogP) is 0.359. The van der Waals surface area contributed by atoms with E-state index in [-0.39, 0.29) is 12.0 Å². The van der Waals surface area contributed by atoms with Gasteiger partial charge in [-0.15, -0.1) is 0 Å². The summed E-state index contributed by atoms with van der Waals surface area (Å²) in [6.45, 7) is 4.89. The third-order valence-corrected chi connectivity index (χ3v) is 2.71. The fourth-order valence-corrected chi connectivity index (χ4v) is 1.80. The van der Waals surface area contributed by atoms with E-state index in [0.29, 0.717) is 6.54 Å². The van der Waals surface area contributed by atoms with E-state index in [4.69, 9.17) is 5.11 Å². The van der Waals surface area contributed by atoms with Crippen LogP contribution in [0.5, 0.6) is 0 Å². The molecular formula is C11H22N2O2. The molecule has 1 amide bonds. The lowest BCUT2D eigenvalue weighted by Gasteiger charge is -2.15. The Bertz CT molecular complexity index is 189. The van der Waals surface area contributed by atoms with Crippen molar-refractivity contribution in [2.75, 3.05) is 26.2 Å². The zero-order chi connectivity index (χ0) is 11.1. The molecule has 0 radical (unpaired) electrons. The van der Waals surface area contributed by atoms with Crippen molar-refractivity contribution in [3.05, 3.63) is 0 Å². The molecule has 1 rings (SSSR count). The molecule has 1 fully saturated rings. The van der Waals surface area contributed by atoms with Gasteiger partial charge in [0.1, 0.15) is 0 Å². The van der Waals surface area contributed by atoms with E-state index in [1.165, 1.54) is 0 Å².